The van der Waals surface area contributed by atoms with Gasteiger partial charge in [-0.2, -0.15) is 11.8 Å². The van der Waals surface area contributed by atoms with Crippen LogP contribution in [0, 0.1) is 0 Å². The Morgan fingerprint density at radius 2 is 2.05 bits per heavy atom. The first kappa shape index (κ1) is 15.0. The molecule has 1 aromatic carbocycles. The van der Waals surface area contributed by atoms with Gasteiger partial charge in [0.05, 0.1) is 12.3 Å². The van der Waals surface area contributed by atoms with Gasteiger partial charge in [0.2, 0.25) is 0 Å². The Hall–Kier alpha value is -1.36. The zero-order valence-corrected chi connectivity index (χ0v) is 13.1. The molecule has 0 saturated carbocycles. The van der Waals surface area contributed by atoms with Crippen molar-refractivity contribution >= 4 is 23.4 Å². The van der Waals surface area contributed by atoms with Crippen LogP contribution in [0.3, 0.4) is 0 Å². The van der Waals surface area contributed by atoms with E-state index in [4.69, 9.17) is 10.5 Å². The molecule has 5 heteroatoms. The van der Waals surface area contributed by atoms with Gasteiger partial charge in [0.15, 0.2) is 0 Å². The van der Waals surface area contributed by atoms with E-state index in [1.54, 1.807) is 18.2 Å². The molecule has 1 aliphatic heterocycles. The molecule has 2 N–H and O–H groups in total. The third kappa shape index (κ3) is 3.39. The Kier molecular flexibility index (Phi) is 4.81. The predicted molar refractivity (Wildman–Crippen MR) is 84.4 cm³/mol. The van der Waals surface area contributed by atoms with Gasteiger partial charge in [-0.3, -0.25) is 4.79 Å². The first-order valence-corrected chi connectivity index (χ1v) is 7.92. The molecule has 1 aromatic rings. The largest absolute Gasteiger partial charge is 0.492 e. The number of amides is 1. The predicted octanol–water partition coefficient (Wildman–Crippen LogP) is 2.63. The lowest BCUT2D eigenvalue weighted by molar-refractivity contribution is 0.0753. The van der Waals surface area contributed by atoms with E-state index >= 15 is 0 Å². The highest BCUT2D eigenvalue weighted by Crippen LogP contribution is 2.27. The van der Waals surface area contributed by atoms with E-state index in [1.807, 2.05) is 23.6 Å². The summed E-state index contributed by atoms with van der Waals surface area (Å²) in [7, 11) is 0. The highest BCUT2D eigenvalue weighted by molar-refractivity contribution is 8.00. The molecule has 0 aliphatic carbocycles. The number of ether oxygens (including phenoxy) is 1. The first-order valence-electron chi connectivity index (χ1n) is 6.98. The number of carbonyl (C=O) groups excluding carboxylic acids is 1. The average Bonchev–Trinajstić information content (AvgIpc) is 2.39. The van der Waals surface area contributed by atoms with Gasteiger partial charge in [-0.1, -0.05) is 13.8 Å². The molecule has 1 aliphatic rings. The minimum atomic E-state index is 0.0544. The molecule has 0 radical (unpaired) electrons. The summed E-state index contributed by atoms with van der Waals surface area (Å²) in [5.74, 6) is 0.693. The molecule has 1 fully saturated rings. The molecule has 20 heavy (non-hydrogen) atoms. The molecule has 1 heterocycles. The summed E-state index contributed by atoms with van der Waals surface area (Å²) in [5, 5.41) is 0.950. The molecule has 1 saturated heterocycles. The molecule has 4 nitrogen and oxygen atoms in total. The minimum absolute atomic E-state index is 0.0544. The molecule has 2 rings (SSSR count). The quantitative estimate of drug-likeness (QED) is 0.871. The number of hydrogen-bond donors (Lipinski definition) is 1. The van der Waals surface area contributed by atoms with Gasteiger partial charge >= 0.3 is 0 Å². The van der Waals surface area contributed by atoms with E-state index < -0.39 is 0 Å². The summed E-state index contributed by atoms with van der Waals surface area (Å²) in [5.41, 5.74) is 7.08. The molecular formula is C15H22N2O2S. The zero-order valence-electron chi connectivity index (χ0n) is 12.3. The average molecular weight is 294 g/mol. The first-order chi connectivity index (χ1) is 9.51. The normalized spacial score (nSPS) is 22.6. The Balaban J connectivity index is 2.14. The van der Waals surface area contributed by atoms with Crippen LogP contribution in [0.15, 0.2) is 18.2 Å². The molecule has 0 spiro atoms. The van der Waals surface area contributed by atoms with Crippen molar-refractivity contribution < 1.29 is 9.53 Å². The van der Waals surface area contributed by atoms with E-state index in [0.717, 1.165) is 13.1 Å². The van der Waals surface area contributed by atoms with Crippen LogP contribution < -0.4 is 10.5 Å². The van der Waals surface area contributed by atoms with Crippen LogP contribution >= 0.6 is 11.8 Å². The second-order valence-corrected chi connectivity index (χ2v) is 7.03. The second-order valence-electron chi connectivity index (χ2n) is 5.15. The maximum Gasteiger partial charge on any atom is 0.254 e. The van der Waals surface area contributed by atoms with Gasteiger partial charge in [-0.05, 0) is 25.1 Å². The monoisotopic (exact) mass is 294 g/mol. The number of carbonyl (C=O) groups is 1. The third-order valence-corrected chi connectivity index (χ3v) is 4.49. The van der Waals surface area contributed by atoms with Crippen LogP contribution in [0.25, 0.3) is 0 Å². The van der Waals surface area contributed by atoms with E-state index in [1.165, 1.54) is 0 Å². The second kappa shape index (κ2) is 6.39. The topological polar surface area (TPSA) is 55.6 Å². The summed E-state index contributed by atoms with van der Waals surface area (Å²) < 4.78 is 5.40. The summed E-state index contributed by atoms with van der Waals surface area (Å²) >= 11 is 1.93. The number of nitrogens with two attached hydrogens (primary N) is 1. The fraction of sp³-hybridized carbons (Fsp3) is 0.533. The van der Waals surface area contributed by atoms with Crippen molar-refractivity contribution in [1.82, 2.24) is 4.90 Å². The van der Waals surface area contributed by atoms with Crippen molar-refractivity contribution in [2.45, 2.75) is 31.3 Å². The van der Waals surface area contributed by atoms with Crippen molar-refractivity contribution in [3.63, 3.8) is 0 Å². The molecule has 1 amide bonds. The van der Waals surface area contributed by atoms with Crippen molar-refractivity contribution in [2.75, 3.05) is 25.4 Å². The maximum atomic E-state index is 12.5. The fourth-order valence-corrected chi connectivity index (χ4v) is 3.82. The highest BCUT2D eigenvalue weighted by Gasteiger charge is 2.26. The van der Waals surface area contributed by atoms with Crippen LogP contribution in [-0.4, -0.2) is 41.0 Å². The van der Waals surface area contributed by atoms with E-state index in [9.17, 15) is 4.79 Å². The summed E-state index contributed by atoms with van der Waals surface area (Å²) in [6, 6.07) is 5.28. The Labute approximate surface area is 124 Å². The van der Waals surface area contributed by atoms with E-state index in [2.05, 4.69) is 13.8 Å². The van der Waals surface area contributed by atoms with Crippen LogP contribution in [0.4, 0.5) is 5.69 Å². The fourth-order valence-electron chi connectivity index (χ4n) is 2.49. The van der Waals surface area contributed by atoms with E-state index in [0.29, 0.717) is 34.1 Å². The van der Waals surface area contributed by atoms with Crippen LogP contribution in [0.2, 0.25) is 0 Å². The van der Waals surface area contributed by atoms with E-state index in [-0.39, 0.29) is 5.91 Å². The van der Waals surface area contributed by atoms with Crippen molar-refractivity contribution in [2.24, 2.45) is 0 Å². The van der Waals surface area contributed by atoms with Crippen LogP contribution in [-0.2, 0) is 0 Å². The number of nitrogen functional groups attached to an aromatic ring is 1. The Morgan fingerprint density at radius 1 is 1.40 bits per heavy atom. The Bertz CT molecular complexity index is 483. The third-order valence-electron chi connectivity index (χ3n) is 3.26. The van der Waals surface area contributed by atoms with Crippen LogP contribution in [0.5, 0.6) is 5.75 Å². The Morgan fingerprint density at radius 3 is 2.60 bits per heavy atom. The number of nitrogens with zero attached hydrogens (tertiary/aromatic N) is 1. The number of benzene rings is 1. The number of rotatable bonds is 3. The van der Waals surface area contributed by atoms with Gasteiger partial charge in [-0.25, -0.2) is 0 Å². The molecule has 110 valence electrons. The molecule has 0 aromatic heterocycles. The lowest BCUT2D eigenvalue weighted by Crippen LogP contribution is -2.44. The molecular weight excluding hydrogens is 272 g/mol. The lowest BCUT2D eigenvalue weighted by atomic mass is 10.1. The highest BCUT2D eigenvalue weighted by atomic mass is 32.2. The summed E-state index contributed by atoms with van der Waals surface area (Å²) in [4.78, 5) is 14.5. The molecule has 2 unspecified atom stereocenters. The summed E-state index contributed by atoms with van der Waals surface area (Å²) in [6.07, 6.45) is 0. The van der Waals surface area contributed by atoms with Crippen LogP contribution in [0.1, 0.15) is 31.1 Å². The number of hydrogen-bond acceptors (Lipinski definition) is 4. The SMILES string of the molecule is CCOc1ccc(C(=O)N2CC(C)SC(C)C2)cc1N. The van der Waals surface area contributed by atoms with Crippen molar-refractivity contribution in [3.8, 4) is 5.75 Å². The standard InChI is InChI=1S/C15H22N2O2S/c1-4-19-14-6-5-12(7-13(14)16)15(18)17-8-10(2)20-11(3)9-17/h5-7,10-11H,4,8-9,16H2,1-3H3. The minimum Gasteiger partial charge on any atom is -0.492 e. The van der Waals surface area contributed by atoms with Gasteiger partial charge in [0, 0.05) is 29.2 Å². The lowest BCUT2D eigenvalue weighted by Gasteiger charge is -2.34. The smallest absolute Gasteiger partial charge is 0.254 e. The number of anilines is 1. The molecule has 2 atom stereocenters. The molecule has 0 bridgehead atoms. The summed E-state index contributed by atoms with van der Waals surface area (Å²) in [6.45, 7) is 8.38. The van der Waals surface area contributed by atoms with Gasteiger partial charge < -0.3 is 15.4 Å². The van der Waals surface area contributed by atoms with Gasteiger partial charge in [-0.15, -0.1) is 0 Å². The number of thioether (sulfide) groups is 1. The van der Waals surface area contributed by atoms with Crippen molar-refractivity contribution in [1.29, 1.82) is 0 Å². The van der Waals surface area contributed by atoms with Gasteiger partial charge in [0.1, 0.15) is 5.75 Å². The van der Waals surface area contributed by atoms with Crippen molar-refractivity contribution in [3.05, 3.63) is 23.8 Å². The van der Waals surface area contributed by atoms with Gasteiger partial charge in [0.25, 0.3) is 5.91 Å². The zero-order chi connectivity index (χ0) is 14.7. The maximum absolute atomic E-state index is 12.5.